The van der Waals surface area contributed by atoms with E-state index in [0.717, 1.165) is 18.8 Å². The highest BCUT2D eigenvalue weighted by molar-refractivity contribution is 7.09. The van der Waals surface area contributed by atoms with Crippen molar-refractivity contribution in [1.29, 1.82) is 0 Å². The molecule has 0 atom stereocenters. The number of nitrogens with one attached hydrogen (secondary N) is 1. The van der Waals surface area contributed by atoms with Gasteiger partial charge in [-0.05, 0) is 0 Å². The molecule has 1 aromatic rings. The molecule has 1 heterocycles. The average Bonchev–Trinajstić information content (AvgIpc) is 2.65. The first-order chi connectivity index (χ1) is 7.59. The molecule has 0 spiro atoms. The second kappa shape index (κ2) is 6.99. The van der Waals surface area contributed by atoms with E-state index in [1.165, 1.54) is 5.01 Å². The lowest BCUT2D eigenvalue weighted by molar-refractivity contribution is 0.119. The maximum Gasteiger partial charge on any atom is 0.0954 e. The molecular formula is C12H22N2OS. The topological polar surface area (TPSA) is 34.1 Å². The molecule has 0 amide bonds. The summed E-state index contributed by atoms with van der Waals surface area (Å²) in [5, 5.41) is 6.59. The fourth-order valence-corrected chi connectivity index (χ4v) is 2.07. The maximum atomic E-state index is 5.54. The number of hydrogen-bond donors (Lipinski definition) is 1. The Bertz CT molecular complexity index is 297. The molecular weight excluding hydrogens is 220 g/mol. The summed E-state index contributed by atoms with van der Waals surface area (Å²) in [6.07, 6.45) is 0. The Labute approximate surface area is 102 Å². The van der Waals surface area contributed by atoms with E-state index < -0.39 is 0 Å². The van der Waals surface area contributed by atoms with Gasteiger partial charge in [0.15, 0.2) is 0 Å². The first-order valence-electron chi connectivity index (χ1n) is 5.85. The molecule has 0 aliphatic carbocycles. The number of nitrogens with zero attached hydrogens (tertiary/aromatic N) is 1. The van der Waals surface area contributed by atoms with Gasteiger partial charge in [-0.2, -0.15) is 0 Å². The predicted molar refractivity (Wildman–Crippen MR) is 69.0 cm³/mol. The molecule has 0 saturated heterocycles. The third-order valence-corrected chi connectivity index (χ3v) is 3.31. The molecule has 0 aliphatic heterocycles. The average molecular weight is 242 g/mol. The van der Waals surface area contributed by atoms with Crippen molar-refractivity contribution in [3.63, 3.8) is 0 Å². The Kier molecular flexibility index (Phi) is 5.95. The van der Waals surface area contributed by atoms with Crippen LogP contribution in [0.3, 0.4) is 0 Å². The molecule has 92 valence electrons. The van der Waals surface area contributed by atoms with E-state index in [0.29, 0.717) is 18.6 Å². The molecule has 0 unspecified atom stereocenters. The van der Waals surface area contributed by atoms with Crippen LogP contribution in [-0.2, 0) is 11.3 Å². The smallest absolute Gasteiger partial charge is 0.0954 e. The van der Waals surface area contributed by atoms with Gasteiger partial charge in [0, 0.05) is 23.9 Å². The van der Waals surface area contributed by atoms with E-state index >= 15 is 0 Å². The van der Waals surface area contributed by atoms with E-state index in [9.17, 15) is 0 Å². The highest BCUT2D eigenvalue weighted by Crippen LogP contribution is 2.19. The minimum Gasteiger partial charge on any atom is -0.374 e. The molecule has 0 radical (unpaired) electrons. The molecule has 0 bridgehead atoms. The van der Waals surface area contributed by atoms with Crippen LogP contribution in [0.4, 0.5) is 0 Å². The van der Waals surface area contributed by atoms with Crippen molar-refractivity contribution in [3.8, 4) is 0 Å². The van der Waals surface area contributed by atoms with Crippen LogP contribution >= 0.6 is 11.3 Å². The Morgan fingerprint density at radius 2 is 2.12 bits per heavy atom. The molecule has 1 rings (SSSR count). The summed E-state index contributed by atoms with van der Waals surface area (Å²) in [5.74, 6) is 0.515. The van der Waals surface area contributed by atoms with Gasteiger partial charge in [0.1, 0.15) is 0 Å². The minimum absolute atomic E-state index is 0.515. The molecule has 0 aromatic carbocycles. The van der Waals surface area contributed by atoms with Crippen LogP contribution in [0.5, 0.6) is 0 Å². The number of thiazole rings is 1. The van der Waals surface area contributed by atoms with Crippen molar-refractivity contribution < 1.29 is 4.74 Å². The lowest BCUT2D eigenvalue weighted by Gasteiger charge is -2.07. The summed E-state index contributed by atoms with van der Waals surface area (Å²) in [4.78, 5) is 4.52. The van der Waals surface area contributed by atoms with Crippen molar-refractivity contribution in [2.45, 2.75) is 46.3 Å². The van der Waals surface area contributed by atoms with Crippen molar-refractivity contribution in [1.82, 2.24) is 10.3 Å². The van der Waals surface area contributed by atoms with Crippen LogP contribution in [0.1, 0.15) is 44.3 Å². The summed E-state index contributed by atoms with van der Waals surface area (Å²) in [5.41, 5.74) is 1.05. The molecule has 0 saturated carbocycles. The summed E-state index contributed by atoms with van der Waals surface area (Å²) >= 11 is 1.72. The van der Waals surface area contributed by atoms with Gasteiger partial charge in [0.05, 0.1) is 23.9 Å². The quantitative estimate of drug-likeness (QED) is 0.747. The highest BCUT2D eigenvalue weighted by Gasteiger charge is 2.05. The predicted octanol–water partition coefficient (Wildman–Crippen LogP) is 2.78. The fraction of sp³-hybridized carbons (Fsp3) is 0.750. The molecule has 1 aromatic heterocycles. The van der Waals surface area contributed by atoms with Crippen LogP contribution in [0.2, 0.25) is 0 Å². The monoisotopic (exact) mass is 242 g/mol. The Balaban J connectivity index is 2.17. The third-order valence-electron chi connectivity index (χ3n) is 2.11. The third kappa shape index (κ3) is 5.05. The normalized spacial score (nSPS) is 11.6. The Morgan fingerprint density at radius 3 is 2.69 bits per heavy atom. The molecule has 0 fully saturated rings. The van der Waals surface area contributed by atoms with Crippen molar-refractivity contribution in [3.05, 3.63) is 16.1 Å². The molecule has 16 heavy (non-hydrogen) atoms. The van der Waals surface area contributed by atoms with Gasteiger partial charge in [-0.15, -0.1) is 11.3 Å². The van der Waals surface area contributed by atoms with Crippen LogP contribution in [-0.4, -0.2) is 24.2 Å². The number of rotatable bonds is 7. The van der Waals surface area contributed by atoms with Crippen LogP contribution in [0.25, 0.3) is 0 Å². The van der Waals surface area contributed by atoms with Gasteiger partial charge < -0.3 is 10.1 Å². The van der Waals surface area contributed by atoms with Crippen LogP contribution in [0.15, 0.2) is 5.38 Å². The lowest BCUT2D eigenvalue weighted by Crippen LogP contribution is -2.26. The van der Waals surface area contributed by atoms with Gasteiger partial charge in [-0.3, -0.25) is 0 Å². The Hall–Kier alpha value is -0.450. The SMILES string of the molecule is CC(C)NCCOCc1csc(C(C)C)n1. The fourth-order valence-electron chi connectivity index (χ4n) is 1.25. The van der Waals surface area contributed by atoms with Crippen LogP contribution < -0.4 is 5.32 Å². The first-order valence-corrected chi connectivity index (χ1v) is 6.73. The van der Waals surface area contributed by atoms with E-state index in [-0.39, 0.29) is 0 Å². The zero-order chi connectivity index (χ0) is 12.0. The van der Waals surface area contributed by atoms with E-state index in [4.69, 9.17) is 4.74 Å². The van der Waals surface area contributed by atoms with E-state index in [1.54, 1.807) is 11.3 Å². The zero-order valence-corrected chi connectivity index (χ0v) is 11.4. The molecule has 4 heteroatoms. The standard InChI is InChI=1S/C12H22N2OS/c1-9(2)12-14-11(8-16-12)7-15-6-5-13-10(3)4/h8-10,13H,5-7H2,1-4H3. The van der Waals surface area contributed by atoms with Crippen LogP contribution in [0, 0.1) is 0 Å². The molecule has 3 nitrogen and oxygen atoms in total. The second-order valence-electron chi connectivity index (χ2n) is 4.49. The lowest BCUT2D eigenvalue weighted by atomic mass is 10.2. The van der Waals surface area contributed by atoms with Crippen molar-refractivity contribution in [2.75, 3.05) is 13.2 Å². The van der Waals surface area contributed by atoms with Gasteiger partial charge >= 0.3 is 0 Å². The van der Waals surface area contributed by atoms with Crippen molar-refractivity contribution in [2.24, 2.45) is 0 Å². The number of hydrogen-bond acceptors (Lipinski definition) is 4. The first kappa shape index (κ1) is 13.6. The molecule has 0 aliphatic rings. The van der Waals surface area contributed by atoms with E-state index in [2.05, 4.69) is 43.4 Å². The van der Waals surface area contributed by atoms with E-state index in [1.807, 2.05) is 0 Å². The minimum atomic E-state index is 0.515. The summed E-state index contributed by atoms with van der Waals surface area (Å²) in [6.45, 7) is 10.9. The maximum absolute atomic E-state index is 5.54. The summed E-state index contributed by atoms with van der Waals surface area (Å²) in [7, 11) is 0. The van der Waals surface area contributed by atoms with Gasteiger partial charge in [-0.1, -0.05) is 27.7 Å². The Morgan fingerprint density at radius 1 is 1.38 bits per heavy atom. The zero-order valence-electron chi connectivity index (χ0n) is 10.6. The van der Waals surface area contributed by atoms with Gasteiger partial charge in [0.2, 0.25) is 0 Å². The number of ether oxygens (including phenoxy) is 1. The number of aromatic nitrogens is 1. The summed E-state index contributed by atoms with van der Waals surface area (Å²) in [6, 6.07) is 0.524. The molecule has 1 N–H and O–H groups in total. The van der Waals surface area contributed by atoms with Gasteiger partial charge in [-0.25, -0.2) is 4.98 Å². The van der Waals surface area contributed by atoms with Gasteiger partial charge in [0.25, 0.3) is 0 Å². The highest BCUT2D eigenvalue weighted by atomic mass is 32.1. The summed E-state index contributed by atoms with van der Waals surface area (Å²) < 4.78 is 5.54. The second-order valence-corrected chi connectivity index (χ2v) is 5.38. The van der Waals surface area contributed by atoms with Crippen molar-refractivity contribution >= 4 is 11.3 Å². The largest absolute Gasteiger partial charge is 0.374 e.